The monoisotopic (exact) mass is 397 g/mol. The molecule has 5 heteroatoms. The van der Waals surface area contributed by atoms with Crippen LogP contribution in [0.5, 0.6) is 17.2 Å². The molecule has 1 aliphatic carbocycles. The summed E-state index contributed by atoms with van der Waals surface area (Å²) in [5.41, 5.74) is 2.93. The van der Waals surface area contributed by atoms with Crippen molar-refractivity contribution in [3.8, 4) is 28.4 Å². The fraction of sp³-hybridized carbons (Fsp3) is 0.458. The Hall–Kier alpha value is -2.53. The second-order valence-electron chi connectivity index (χ2n) is 7.13. The Kier molecular flexibility index (Phi) is 7.15. The van der Waals surface area contributed by atoms with Crippen LogP contribution in [0, 0.1) is 0 Å². The Bertz CT molecular complexity index is 858. The van der Waals surface area contributed by atoms with Crippen LogP contribution in [0.1, 0.15) is 49.5 Å². The van der Waals surface area contributed by atoms with Gasteiger partial charge in [0.25, 0.3) is 0 Å². The van der Waals surface area contributed by atoms with Gasteiger partial charge in [-0.05, 0) is 31.6 Å². The SMILES string of the molecule is CCCCOc1cc(OC)cc2c1-c1c(OCCN(CC)CC)cccc1C2=O. The Balaban J connectivity index is 1.97. The smallest absolute Gasteiger partial charge is 0.194 e. The average molecular weight is 398 g/mol. The molecule has 0 radical (unpaired) electrons. The number of hydrogen-bond acceptors (Lipinski definition) is 5. The molecule has 0 saturated carbocycles. The molecule has 0 amide bonds. The zero-order chi connectivity index (χ0) is 20.8. The number of unbranched alkanes of at least 4 members (excludes halogenated alkanes) is 1. The third kappa shape index (κ3) is 4.40. The number of rotatable bonds is 11. The van der Waals surface area contributed by atoms with Crippen LogP contribution >= 0.6 is 0 Å². The summed E-state index contributed by atoms with van der Waals surface area (Å²) in [5.74, 6) is 2.02. The van der Waals surface area contributed by atoms with Crippen molar-refractivity contribution >= 4 is 5.78 Å². The minimum atomic E-state index is -0.0107. The van der Waals surface area contributed by atoms with Gasteiger partial charge in [0.2, 0.25) is 0 Å². The van der Waals surface area contributed by atoms with E-state index in [0.29, 0.717) is 35.8 Å². The molecule has 0 heterocycles. The third-order valence-electron chi connectivity index (χ3n) is 5.39. The summed E-state index contributed by atoms with van der Waals surface area (Å²) < 4.78 is 17.6. The van der Waals surface area contributed by atoms with Crippen LogP contribution in [0.3, 0.4) is 0 Å². The van der Waals surface area contributed by atoms with E-state index in [-0.39, 0.29) is 5.78 Å². The van der Waals surface area contributed by atoms with E-state index in [1.165, 1.54) is 0 Å². The van der Waals surface area contributed by atoms with Gasteiger partial charge in [-0.2, -0.15) is 0 Å². The molecule has 0 aromatic heterocycles. The Morgan fingerprint density at radius 2 is 1.62 bits per heavy atom. The molecule has 0 spiro atoms. The van der Waals surface area contributed by atoms with Crippen molar-refractivity contribution in [1.29, 1.82) is 0 Å². The Labute approximate surface area is 173 Å². The summed E-state index contributed by atoms with van der Waals surface area (Å²) >= 11 is 0. The summed E-state index contributed by atoms with van der Waals surface area (Å²) in [6, 6.07) is 9.33. The molecule has 0 bridgehead atoms. The van der Waals surface area contributed by atoms with Crippen LogP contribution in [-0.2, 0) is 0 Å². The van der Waals surface area contributed by atoms with Crippen LogP contribution in [0.4, 0.5) is 0 Å². The zero-order valence-corrected chi connectivity index (χ0v) is 17.9. The van der Waals surface area contributed by atoms with E-state index in [9.17, 15) is 4.79 Å². The minimum absolute atomic E-state index is 0.0107. The van der Waals surface area contributed by atoms with Crippen LogP contribution in [0.15, 0.2) is 30.3 Å². The standard InChI is InChI=1S/C24H31NO4/c1-5-8-13-28-21-16-17(27-4)15-19-23(21)22-18(24(19)26)10-9-11-20(22)29-14-12-25(6-2)7-3/h9-11,15-16H,5-8,12-14H2,1-4H3. The van der Waals surface area contributed by atoms with Crippen molar-refractivity contribution in [1.82, 2.24) is 4.90 Å². The van der Waals surface area contributed by atoms with Crippen molar-refractivity contribution in [3.63, 3.8) is 0 Å². The van der Waals surface area contributed by atoms with Gasteiger partial charge in [-0.3, -0.25) is 4.79 Å². The number of likely N-dealkylation sites (N-methyl/N-ethyl adjacent to an activating group) is 1. The minimum Gasteiger partial charge on any atom is -0.497 e. The van der Waals surface area contributed by atoms with E-state index in [1.54, 1.807) is 13.2 Å². The largest absolute Gasteiger partial charge is 0.497 e. The van der Waals surface area contributed by atoms with E-state index >= 15 is 0 Å². The highest BCUT2D eigenvalue weighted by Gasteiger charge is 2.33. The maximum absolute atomic E-state index is 13.1. The first-order valence-electron chi connectivity index (χ1n) is 10.5. The van der Waals surface area contributed by atoms with E-state index in [0.717, 1.165) is 49.4 Å². The van der Waals surface area contributed by atoms with Gasteiger partial charge < -0.3 is 19.1 Å². The van der Waals surface area contributed by atoms with Gasteiger partial charge in [0.15, 0.2) is 5.78 Å². The highest BCUT2D eigenvalue weighted by Crippen LogP contribution is 2.49. The molecule has 0 N–H and O–H groups in total. The fourth-order valence-electron chi connectivity index (χ4n) is 3.65. The van der Waals surface area contributed by atoms with Crippen molar-refractivity contribution in [2.75, 3.05) is 40.0 Å². The van der Waals surface area contributed by atoms with Crippen molar-refractivity contribution < 1.29 is 19.0 Å². The number of methoxy groups -OCH3 is 1. The lowest BCUT2D eigenvalue weighted by Crippen LogP contribution is -2.28. The molecule has 0 saturated heterocycles. The van der Waals surface area contributed by atoms with E-state index < -0.39 is 0 Å². The number of benzene rings is 2. The number of carbonyl (C=O) groups is 1. The molecule has 2 aromatic carbocycles. The highest BCUT2D eigenvalue weighted by atomic mass is 16.5. The predicted molar refractivity (Wildman–Crippen MR) is 116 cm³/mol. The molecule has 0 aliphatic heterocycles. The van der Waals surface area contributed by atoms with Crippen LogP contribution in [0.25, 0.3) is 11.1 Å². The molecule has 0 unspecified atom stereocenters. The van der Waals surface area contributed by atoms with E-state index in [4.69, 9.17) is 14.2 Å². The summed E-state index contributed by atoms with van der Waals surface area (Å²) in [6.45, 7) is 10.4. The van der Waals surface area contributed by atoms with E-state index in [1.807, 2.05) is 24.3 Å². The normalized spacial score (nSPS) is 12.1. The third-order valence-corrected chi connectivity index (χ3v) is 5.39. The summed E-state index contributed by atoms with van der Waals surface area (Å²) in [5, 5.41) is 0. The maximum atomic E-state index is 13.1. The Morgan fingerprint density at radius 3 is 2.31 bits per heavy atom. The maximum Gasteiger partial charge on any atom is 0.194 e. The second-order valence-corrected chi connectivity index (χ2v) is 7.13. The fourth-order valence-corrected chi connectivity index (χ4v) is 3.65. The van der Waals surface area contributed by atoms with Crippen LogP contribution in [0.2, 0.25) is 0 Å². The van der Waals surface area contributed by atoms with Gasteiger partial charge >= 0.3 is 0 Å². The topological polar surface area (TPSA) is 48.0 Å². The van der Waals surface area contributed by atoms with Crippen molar-refractivity contribution in [2.24, 2.45) is 0 Å². The van der Waals surface area contributed by atoms with Crippen LogP contribution < -0.4 is 14.2 Å². The first-order chi connectivity index (χ1) is 14.1. The van der Waals surface area contributed by atoms with Gasteiger partial charge in [-0.25, -0.2) is 0 Å². The quantitative estimate of drug-likeness (QED) is 0.435. The van der Waals surface area contributed by atoms with Crippen LogP contribution in [-0.4, -0.2) is 50.6 Å². The van der Waals surface area contributed by atoms with Crippen molar-refractivity contribution in [2.45, 2.75) is 33.6 Å². The lowest BCUT2D eigenvalue weighted by Gasteiger charge is -2.19. The molecule has 0 atom stereocenters. The molecule has 29 heavy (non-hydrogen) atoms. The molecular formula is C24H31NO4. The van der Waals surface area contributed by atoms with Gasteiger partial charge in [0, 0.05) is 34.9 Å². The molecule has 2 aromatic rings. The molecule has 156 valence electrons. The highest BCUT2D eigenvalue weighted by molar-refractivity contribution is 6.23. The molecule has 0 fully saturated rings. The van der Waals surface area contributed by atoms with Crippen molar-refractivity contribution in [3.05, 3.63) is 41.5 Å². The van der Waals surface area contributed by atoms with Gasteiger partial charge in [-0.1, -0.05) is 39.3 Å². The van der Waals surface area contributed by atoms with Gasteiger partial charge in [0.1, 0.15) is 23.9 Å². The summed E-state index contributed by atoms with van der Waals surface area (Å²) in [4.78, 5) is 15.4. The first-order valence-corrected chi connectivity index (χ1v) is 10.5. The average Bonchev–Trinajstić information content (AvgIpc) is 3.04. The number of ether oxygens (including phenoxy) is 3. The number of fused-ring (bicyclic) bond motifs is 3. The molecule has 3 rings (SSSR count). The van der Waals surface area contributed by atoms with Gasteiger partial charge in [0.05, 0.1) is 13.7 Å². The lowest BCUT2D eigenvalue weighted by molar-refractivity contribution is 0.104. The van der Waals surface area contributed by atoms with E-state index in [2.05, 4.69) is 25.7 Å². The molecular weight excluding hydrogens is 366 g/mol. The number of hydrogen-bond donors (Lipinski definition) is 0. The molecule has 1 aliphatic rings. The first kappa shape index (κ1) is 21.2. The summed E-state index contributed by atoms with van der Waals surface area (Å²) in [7, 11) is 1.60. The predicted octanol–water partition coefficient (Wildman–Crippen LogP) is 4.81. The second kappa shape index (κ2) is 9.79. The number of ketones is 1. The zero-order valence-electron chi connectivity index (χ0n) is 17.9. The number of carbonyl (C=O) groups excluding carboxylic acids is 1. The van der Waals surface area contributed by atoms with Gasteiger partial charge in [-0.15, -0.1) is 0 Å². The Morgan fingerprint density at radius 1 is 0.897 bits per heavy atom. The summed E-state index contributed by atoms with van der Waals surface area (Å²) in [6.07, 6.45) is 2.00. The molecule has 5 nitrogen and oxygen atoms in total. The number of nitrogens with zero attached hydrogens (tertiary/aromatic N) is 1. The lowest BCUT2D eigenvalue weighted by atomic mass is 10.0.